The summed E-state index contributed by atoms with van der Waals surface area (Å²) in [4.78, 5) is 0. The van der Waals surface area contributed by atoms with E-state index in [1.54, 1.807) is 38.3 Å². The van der Waals surface area contributed by atoms with E-state index in [2.05, 4.69) is 5.32 Å². The molecule has 2 atom stereocenters. The Balaban J connectivity index is 2.07. The summed E-state index contributed by atoms with van der Waals surface area (Å²) in [6, 6.07) is 9.20. The third kappa shape index (κ3) is 4.83. The summed E-state index contributed by atoms with van der Waals surface area (Å²) in [6.45, 7) is 3.89. The van der Waals surface area contributed by atoms with E-state index in [4.69, 9.17) is 9.47 Å². The standard InChI is InChI=1S/C23H29F2NO3/c1-16-14-17(8-9-19(16)24)22-18(6-5-7-20(22)25)23(27,10-3-4-12-28-2)21-15-26-11-13-29-21/h5-9,14,21,26-27H,3-4,10-13,15H2,1-2H3/t21?,23-/m1/s1. The maximum atomic E-state index is 15.0. The highest BCUT2D eigenvalue weighted by molar-refractivity contribution is 5.70. The van der Waals surface area contributed by atoms with Crippen LogP contribution in [0.5, 0.6) is 0 Å². The number of aliphatic hydroxyl groups is 1. The Morgan fingerprint density at radius 2 is 2.03 bits per heavy atom. The molecule has 0 amide bonds. The molecule has 4 nitrogen and oxygen atoms in total. The van der Waals surface area contributed by atoms with Crippen LogP contribution in [0.15, 0.2) is 36.4 Å². The molecule has 1 saturated heterocycles. The van der Waals surface area contributed by atoms with Crippen molar-refractivity contribution in [1.82, 2.24) is 5.32 Å². The van der Waals surface area contributed by atoms with Gasteiger partial charge in [-0.2, -0.15) is 0 Å². The van der Waals surface area contributed by atoms with E-state index in [0.29, 0.717) is 61.4 Å². The van der Waals surface area contributed by atoms with Crippen LogP contribution in [-0.2, 0) is 15.1 Å². The third-order valence-corrected chi connectivity index (χ3v) is 5.54. The van der Waals surface area contributed by atoms with Gasteiger partial charge in [-0.3, -0.25) is 0 Å². The number of halogens is 2. The highest BCUT2D eigenvalue weighted by Crippen LogP contribution is 2.40. The number of ether oxygens (including phenoxy) is 2. The molecule has 2 N–H and O–H groups in total. The zero-order valence-corrected chi connectivity index (χ0v) is 17.0. The van der Waals surface area contributed by atoms with Crippen LogP contribution < -0.4 is 5.32 Å². The normalized spacial score (nSPS) is 19.1. The SMILES string of the molecule is COCCCC[C@@](O)(c1cccc(F)c1-c1ccc(F)c(C)c1)C1CNCCO1. The van der Waals surface area contributed by atoms with Gasteiger partial charge in [-0.25, -0.2) is 8.78 Å². The van der Waals surface area contributed by atoms with Gasteiger partial charge in [-0.1, -0.05) is 18.2 Å². The molecule has 1 aliphatic heterocycles. The molecule has 6 heteroatoms. The number of hydrogen-bond donors (Lipinski definition) is 2. The third-order valence-electron chi connectivity index (χ3n) is 5.54. The summed E-state index contributed by atoms with van der Waals surface area (Å²) in [6.07, 6.45) is 1.36. The molecule has 0 aliphatic carbocycles. The lowest BCUT2D eigenvalue weighted by Gasteiger charge is -2.40. The van der Waals surface area contributed by atoms with Gasteiger partial charge >= 0.3 is 0 Å². The Labute approximate surface area is 170 Å². The van der Waals surface area contributed by atoms with Crippen molar-refractivity contribution in [1.29, 1.82) is 0 Å². The van der Waals surface area contributed by atoms with Gasteiger partial charge in [0.15, 0.2) is 0 Å². The lowest BCUT2D eigenvalue weighted by Crippen LogP contribution is -2.51. The average molecular weight is 405 g/mol. The summed E-state index contributed by atoms with van der Waals surface area (Å²) < 4.78 is 39.8. The van der Waals surface area contributed by atoms with Crippen LogP contribution in [0.2, 0.25) is 0 Å². The molecule has 1 aliphatic rings. The molecule has 158 valence electrons. The van der Waals surface area contributed by atoms with Crippen LogP contribution in [-0.4, -0.2) is 44.6 Å². The minimum absolute atomic E-state index is 0.291. The number of nitrogens with one attached hydrogen (secondary N) is 1. The lowest BCUT2D eigenvalue weighted by molar-refractivity contribution is -0.129. The molecule has 2 aromatic rings. The Bertz CT molecular complexity index is 824. The van der Waals surface area contributed by atoms with E-state index >= 15 is 4.39 Å². The van der Waals surface area contributed by atoms with Gasteiger partial charge in [0.2, 0.25) is 0 Å². The highest BCUT2D eigenvalue weighted by atomic mass is 19.1. The number of methoxy groups -OCH3 is 1. The van der Waals surface area contributed by atoms with Gasteiger partial charge < -0.3 is 19.9 Å². The first-order chi connectivity index (χ1) is 14.0. The fraction of sp³-hybridized carbons (Fsp3) is 0.478. The van der Waals surface area contributed by atoms with Crippen molar-refractivity contribution in [2.75, 3.05) is 33.4 Å². The number of unbranched alkanes of at least 4 members (excludes halogenated alkanes) is 1. The lowest BCUT2D eigenvalue weighted by atomic mass is 9.79. The first-order valence-corrected chi connectivity index (χ1v) is 10.1. The number of morpholine rings is 1. The summed E-state index contributed by atoms with van der Waals surface area (Å²) >= 11 is 0. The highest BCUT2D eigenvalue weighted by Gasteiger charge is 2.42. The molecular formula is C23H29F2NO3. The zero-order valence-electron chi connectivity index (χ0n) is 17.0. The van der Waals surface area contributed by atoms with Crippen LogP contribution in [0.4, 0.5) is 8.78 Å². The molecule has 3 rings (SSSR count). The van der Waals surface area contributed by atoms with Crippen molar-refractivity contribution in [2.45, 2.75) is 37.9 Å². The van der Waals surface area contributed by atoms with Crippen molar-refractivity contribution in [3.63, 3.8) is 0 Å². The van der Waals surface area contributed by atoms with Crippen LogP contribution >= 0.6 is 0 Å². The molecule has 1 unspecified atom stereocenters. The van der Waals surface area contributed by atoms with Crippen LogP contribution in [0.1, 0.15) is 30.4 Å². The van der Waals surface area contributed by atoms with E-state index in [9.17, 15) is 9.50 Å². The number of rotatable bonds is 8. The van der Waals surface area contributed by atoms with E-state index in [1.807, 2.05) is 0 Å². The molecule has 0 aromatic heterocycles. The smallest absolute Gasteiger partial charge is 0.131 e. The molecule has 0 bridgehead atoms. The van der Waals surface area contributed by atoms with Gasteiger partial charge in [-0.05, 0) is 61.1 Å². The molecule has 0 radical (unpaired) electrons. The number of benzene rings is 2. The van der Waals surface area contributed by atoms with Crippen LogP contribution in [0.25, 0.3) is 11.1 Å². The summed E-state index contributed by atoms with van der Waals surface area (Å²) in [5.41, 5.74) is 0.335. The maximum absolute atomic E-state index is 15.0. The van der Waals surface area contributed by atoms with E-state index < -0.39 is 17.5 Å². The van der Waals surface area contributed by atoms with E-state index in [1.165, 1.54) is 12.1 Å². The zero-order chi connectivity index (χ0) is 20.9. The van der Waals surface area contributed by atoms with E-state index in [-0.39, 0.29) is 5.82 Å². The van der Waals surface area contributed by atoms with Crippen molar-refractivity contribution >= 4 is 0 Å². The largest absolute Gasteiger partial charge is 0.385 e. The van der Waals surface area contributed by atoms with Gasteiger partial charge in [-0.15, -0.1) is 0 Å². The quantitative estimate of drug-likeness (QED) is 0.654. The molecular weight excluding hydrogens is 376 g/mol. The molecule has 2 aromatic carbocycles. The topological polar surface area (TPSA) is 50.7 Å². The van der Waals surface area contributed by atoms with Crippen molar-refractivity contribution in [3.8, 4) is 11.1 Å². The second-order valence-corrected chi connectivity index (χ2v) is 7.56. The molecule has 0 spiro atoms. The Morgan fingerprint density at radius 1 is 1.21 bits per heavy atom. The molecule has 29 heavy (non-hydrogen) atoms. The maximum Gasteiger partial charge on any atom is 0.131 e. The number of hydrogen-bond acceptors (Lipinski definition) is 4. The second-order valence-electron chi connectivity index (χ2n) is 7.56. The Kier molecular flexibility index (Phi) is 7.35. The Morgan fingerprint density at radius 3 is 2.72 bits per heavy atom. The van der Waals surface area contributed by atoms with Crippen molar-refractivity contribution in [3.05, 3.63) is 59.2 Å². The molecule has 1 heterocycles. The Hall–Kier alpha value is -1.86. The fourth-order valence-electron chi connectivity index (χ4n) is 3.96. The molecule has 0 saturated carbocycles. The number of aryl methyl sites for hydroxylation is 1. The van der Waals surface area contributed by atoms with Crippen molar-refractivity contribution < 1.29 is 23.4 Å². The predicted octanol–water partition coefficient (Wildman–Crippen LogP) is 3.93. The van der Waals surface area contributed by atoms with E-state index in [0.717, 1.165) is 6.42 Å². The summed E-state index contributed by atoms with van der Waals surface area (Å²) in [7, 11) is 1.64. The first-order valence-electron chi connectivity index (χ1n) is 10.1. The predicted molar refractivity (Wildman–Crippen MR) is 109 cm³/mol. The summed E-state index contributed by atoms with van der Waals surface area (Å²) in [5, 5.41) is 15.1. The minimum Gasteiger partial charge on any atom is -0.385 e. The molecule has 1 fully saturated rings. The minimum atomic E-state index is -1.39. The van der Waals surface area contributed by atoms with Crippen LogP contribution in [0, 0.1) is 18.6 Å². The van der Waals surface area contributed by atoms with Gasteiger partial charge in [0.25, 0.3) is 0 Å². The van der Waals surface area contributed by atoms with Crippen LogP contribution in [0.3, 0.4) is 0 Å². The average Bonchev–Trinajstić information content (AvgIpc) is 2.73. The second kappa shape index (κ2) is 9.76. The van der Waals surface area contributed by atoms with Crippen molar-refractivity contribution in [2.24, 2.45) is 0 Å². The first kappa shape index (κ1) is 21.8. The summed E-state index contributed by atoms with van der Waals surface area (Å²) in [5.74, 6) is -0.797. The van der Waals surface area contributed by atoms with Gasteiger partial charge in [0.1, 0.15) is 23.3 Å². The van der Waals surface area contributed by atoms with Gasteiger partial charge in [0.05, 0.1) is 6.61 Å². The van der Waals surface area contributed by atoms with Gasteiger partial charge in [0, 0.05) is 32.4 Å². The fourth-order valence-corrected chi connectivity index (χ4v) is 3.96. The monoisotopic (exact) mass is 405 g/mol.